The van der Waals surface area contributed by atoms with Crippen LogP contribution < -0.4 is 5.73 Å². The molecule has 0 saturated heterocycles. The van der Waals surface area contributed by atoms with Crippen molar-refractivity contribution >= 4 is 34.2 Å². The van der Waals surface area contributed by atoms with Gasteiger partial charge in [-0.2, -0.15) is 5.10 Å². The quantitative estimate of drug-likeness (QED) is 0.830. The van der Waals surface area contributed by atoms with Gasteiger partial charge in [0.15, 0.2) is 0 Å². The van der Waals surface area contributed by atoms with Gasteiger partial charge in [0.2, 0.25) is 0 Å². The third-order valence-electron chi connectivity index (χ3n) is 2.80. The number of benzene rings is 1. The monoisotopic (exact) mass is 375 g/mol. The molecular formula is C13H15ClIN3. The minimum atomic E-state index is -0.208. The summed E-state index contributed by atoms with van der Waals surface area (Å²) in [5.41, 5.74) is 8.38. The SMILES string of the molecule is CC(C)n1nccc1C(N)c1cc(Cl)ccc1I. The Balaban J connectivity index is 2.44. The van der Waals surface area contributed by atoms with Gasteiger partial charge in [-0.25, -0.2) is 0 Å². The van der Waals surface area contributed by atoms with Crippen LogP contribution in [0.4, 0.5) is 0 Å². The van der Waals surface area contributed by atoms with Gasteiger partial charge in [-0.05, 0) is 66.3 Å². The first-order valence-corrected chi connectivity index (χ1v) is 7.20. The van der Waals surface area contributed by atoms with Crippen LogP contribution in [0.2, 0.25) is 5.02 Å². The molecule has 0 radical (unpaired) electrons. The van der Waals surface area contributed by atoms with Crippen LogP contribution in [-0.2, 0) is 0 Å². The number of halogens is 2. The highest BCUT2D eigenvalue weighted by Crippen LogP contribution is 2.27. The second-order valence-electron chi connectivity index (χ2n) is 4.44. The van der Waals surface area contributed by atoms with E-state index in [9.17, 15) is 0 Å². The van der Waals surface area contributed by atoms with E-state index in [1.54, 1.807) is 6.20 Å². The fraction of sp³-hybridized carbons (Fsp3) is 0.308. The van der Waals surface area contributed by atoms with Gasteiger partial charge in [0, 0.05) is 20.8 Å². The average Bonchev–Trinajstić information content (AvgIpc) is 2.80. The summed E-state index contributed by atoms with van der Waals surface area (Å²) in [6.45, 7) is 4.18. The number of hydrogen-bond donors (Lipinski definition) is 1. The van der Waals surface area contributed by atoms with Gasteiger partial charge >= 0.3 is 0 Å². The number of nitrogens with two attached hydrogens (primary N) is 1. The molecule has 2 N–H and O–H groups in total. The minimum Gasteiger partial charge on any atom is -0.319 e. The Morgan fingerprint density at radius 1 is 1.33 bits per heavy atom. The fourth-order valence-electron chi connectivity index (χ4n) is 1.91. The molecule has 1 aromatic carbocycles. The zero-order valence-corrected chi connectivity index (χ0v) is 13.2. The van der Waals surface area contributed by atoms with Crippen molar-refractivity contribution in [1.29, 1.82) is 0 Å². The standard InChI is InChI=1S/C13H15ClIN3/c1-8(2)18-12(5-6-17-18)13(16)10-7-9(14)3-4-11(10)15/h3-8,13H,16H2,1-2H3. The Hall–Kier alpha value is -0.590. The topological polar surface area (TPSA) is 43.8 Å². The van der Waals surface area contributed by atoms with Gasteiger partial charge in [-0.3, -0.25) is 4.68 Å². The van der Waals surface area contributed by atoms with E-state index >= 15 is 0 Å². The van der Waals surface area contributed by atoms with Crippen LogP contribution in [0.1, 0.15) is 37.2 Å². The smallest absolute Gasteiger partial charge is 0.0734 e. The Morgan fingerprint density at radius 3 is 2.72 bits per heavy atom. The highest BCUT2D eigenvalue weighted by atomic mass is 127. The average molecular weight is 376 g/mol. The lowest BCUT2D eigenvalue weighted by Gasteiger charge is -2.18. The van der Waals surface area contributed by atoms with Crippen LogP contribution in [0.25, 0.3) is 0 Å². The molecule has 1 atom stereocenters. The number of aromatic nitrogens is 2. The lowest BCUT2D eigenvalue weighted by atomic mass is 10.0. The number of rotatable bonds is 3. The maximum absolute atomic E-state index is 6.34. The molecule has 0 aliphatic rings. The fourth-order valence-corrected chi connectivity index (χ4v) is 2.77. The lowest BCUT2D eigenvalue weighted by Crippen LogP contribution is -2.19. The van der Waals surface area contributed by atoms with Crippen molar-refractivity contribution in [2.45, 2.75) is 25.9 Å². The van der Waals surface area contributed by atoms with Crippen molar-refractivity contribution in [3.63, 3.8) is 0 Å². The Labute approximate surface area is 125 Å². The molecule has 2 aromatic rings. The number of nitrogens with zero attached hydrogens (tertiary/aromatic N) is 2. The van der Waals surface area contributed by atoms with E-state index in [1.165, 1.54) is 0 Å². The molecule has 0 aliphatic carbocycles. The summed E-state index contributed by atoms with van der Waals surface area (Å²) in [4.78, 5) is 0. The van der Waals surface area contributed by atoms with Gasteiger partial charge in [-0.1, -0.05) is 11.6 Å². The molecule has 0 spiro atoms. The summed E-state index contributed by atoms with van der Waals surface area (Å²) >= 11 is 8.32. The Kier molecular flexibility index (Phi) is 4.29. The molecule has 3 nitrogen and oxygen atoms in total. The van der Waals surface area contributed by atoms with Gasteiger partial charge in [0.05, 0.1) is 11.7 Å². The van der Waals surface area contributed by atoms with E-state index in [-0.39, 0.29) is 12.1 Å². The molecule has 96 valence electrons. The second-order valence-corrected chi connectivity index (χ2v) is 6.04. The summed E-state index contributed by atoms with van der Waals surface area (Å²) in [5, 5.41) is 5.02. The zero-order valence-electron chi connectivity index (χ0n) is 10.3. The maximum Gasteiger partial charge on any atom is 0.0734 e. The molecule has 0 bridgehead atoms. The first-order valence-electron chi connectivity index (χ1n) is 5.74. The van der Waals surface area contributed by atoms with Crippen LogP contribution in [0, 0.1) is 3.57 Å². The van der Waals surface area contributed by atoms with Crippen LogP contribution >= 0.6 is 34.2 Å². The first kappa shape index (κ1) is 13.8. The first-order chi connectivity index (χ1) is 8.50. The van der Waals surface area contributed by atoms with Crippen LogP contribution in [0.3, 0.4) is 0 Å². The van der Waals surface area contributed by atoms with Crippen molar-refractivity contribution in [1.82, 2.24) is 9.78 Å². The molecule has 18 heavy (non-hydrogen) atoms. The van der Waals surface area contributed by atoms with E-state index in [4.69, 9.17) is 17.3 Å². The van der Waals surface area contributed by atoms with Gasteiger partial charge in [0.25, 0.3) is 0 Å². The minimum absolute atomic E-state index is 0.208. The highest BCUT2D eigenvalue weighted by Gasteiger charge is 2.18. The molecule has 1 unspecified atom stereocenters. The number of hydrogen-bond acceptors (Lipinski definition) is 2. The molecule has 1 heterocycles. The Bertz CT molecular complexity index is 551. The van der Waals surface area contributed by atoms with Crippen molar-refractivity contribution in [3.05, 3.63) is 50.3 Å². The van der Waals surface area contributed by atoms with Crippen LogP contribution in [0.5, 0.6) is 0 Å². The van der Waals surface area contributed by atoms with E-state index in [0.29, 0.717) is 5.02 Å². The summed E-state index contributed by atoms with van der Waals surface area (Å²) in [6.07, 6.45) is 1.78. The molecule has 0 aliphatic heterocycles. The molecule has 2 rings (SSSR count). The molecule has 1 aromatic heterocycles. The summed E-state index contributed by atoms with van der Waals surface area (Å²) in [7, 11) is 0. The van der Waals surface area contributed by atoms with E-state index in [2.05, 4.69) is 41.5 Å². The largest absolute Gasteiger partial charge is 0.319 e. The third kappa shape index (κ3) is 2.70. The van der Waals surface area contributed by atoms with Crippen molar-refractivity contribution in [2.24, 2.45) is 5.73 Å². The van der Waals surface area contributed by atoms with E-state index in [0.717, 1.165) is 14.8 Å². The van der Waals surface area contributed by atoms with E-state index < -0.39 is 0 Å². The predicted molar refractivity (Wildman–Crippen MR) is 82.8 cm³/mol. The molecule has 0 saturated carbocycles. The predicted octanol–water partition coefficient (Wildman–Crippen LogP) is 3.77. The maximum atomic E-state index is 6.34. The highest BCUT2D eigenvalue weighted by molar-refractivity contribution is 14.1. The molecule has 5 heteroatoms. The van der Waals surface area contributed by atoms with Gasteiger partial charge < -0.3 is 5.73 Å². The third-order valence-corrected chi connectivity index (χ3v) is 4.02. The normalized spacial score (nSPS) is 13.0. The summed E-state index contributed by atoms with van der Waals surface area (Å²) < 4.78 is 3.06. The van der Waals surface area contributed by atoms with Gasteiger partial charge in [-0.15, -0.1) is 0 Å². The zero-order chi connectivity index (χ0) is 13.3. The summed E-state index contributed by atoms with van der Waals surface area (Å²) in [5.74, 6) is 0. The molecular weight excluding hydrogens is 361 g/mol. The van der Waals surface area contributed by atoms with Crippen molar-refractivity contribution in [2.75, 3.05) is 0 Å². The molecule has 0 amide bonds. The summed E-state index contributed by atoms with van der Waals surface area (Å²) in [6, 6.07) is 7.82. The van der Waals surface area contributed by atoms with Gasteiger partial charge in [0.1, 0.15) is 0 Å². The van der Waals surface area contributed by atoms with Crippen molar-refractivity contribution < 1.29 is 0 Å². The Morgan fingerprint density at radius 2 is 2.06 bits per heavy atom. The van der Waals surface area contributed by atoms with Crippen molar-refractivity contribution in [3.8, 4) is 0 Å². The molecule has 0 fully saturated rings. The van der Waals surface area contributed by atoms with E-state index in [1.807, 2.05) is 28.9 Å². The second kappa shape index (κ2) is 5.59. The lowest BCUT2D eigenvalue weighted by molar-refractivity contribution is 0.499. The van der Waals surface area contributed by atoms with Crippen LogP contribution in [-0.4, -0.2) is 9.78 Å². The van der Waals surface area contributed by atoms with Crippen LogP contribution in [0.15, 0.2) is 30.5 Å².